The highest BCUT2D eigenvalue weighted by Gasteiger charge is 2.14. The molecule has 4 heteroatoms. The van der Waals surface area contributed by atoms with E-state index in [1.165, 1.54) is 16.7 Å². The molecule has 0 N–H and O–H groups in total. The van der Waals surface area contributed by atoms with E-state index < -0.39 is 0 Å². The van der Waals surface area contributed by atoms with Crippen LogP contribution in [0.1, 0.15) is 106 Å². The van der Waals surface area contributed by atoms with Gasteiger partial charge in [0.25, 0.3) is 0 Å². The number of methoxy groups -OCH3 is 1. The number of benzene rings is 2. The zero-order chi connectivity index (χ0) is 35.9. The number of nitrogens with zero attached hydrogens (tertiary/aromatic N) is 2. The van der Waals surface area contributed by atoms with Gasteiger partial charge in [-0.1, -0.05) is 128 Å². The van der Waals surface area contributed by atoms with Gasteiger partial charge in [-0.2, -0.15) is 0 Å². The van der Waals surface area contributed by atoms with E-state index in [0.717, 1.165) is 70.6 Å². The molecule has 1 aliphatic heterocycles. The van der Waals surface area contributed by atoms with Gasteiger partial charge in [0, 0.05) is 32.0 Å². The molecule has 0 fully saturated rings. The molecule has 1 aliphatic rings. The van der Waals surface area contributed by atoms with Gasteiger partial charge in [-0.05, 0) is 88.3 Å². The molecule has 0 aliphatic carbocycles. The van der Waals surface area contributed by atoms with Crippen molar-refractivity contribution in [3.05, 3.63) is 102 Å². The lowest BCUT2D eigenvalue weighted by molar-refractivity contribution is -0.121. The third-order valence-electron chi connectivity index (χ3n) is 7.89. The lowest BCUT2D eigenvalue weighted by Gasteiger charge is -2.22. The molecule has 47 heavy (non-hydrogen) atoms. The quantitative estimate of drug-likeness (QED) is 0.191. The van der Waals surface area contributed by atoms with Gasteiger partial charge >= 0.3 is 0 Å². The smallest absolute Gasteiger partial charge is 0.139 e. The highest BCUT2D eigenvalue weighted by atomic mass is 16.5. The Morgan fingerprint density at radius 2 is 1.55 bits per heavy atom. The highest BCUT2D eigenvalue weighted by molar-refractivity contribution is 5.82. The summed E-state index contributed by atoms with van der Waals surface area (Å²) in [5, 5.41) is 0. The predicted molar refractivity (Wildman–Crippen MR) is 209 cm³/mol. The van der Waals surface area contributed by atoms with Gasteiger partial charge in [-0.25, -0.2) is 0 Å². The summed E-state index contributed by atoms with van der Waals surface area (Å²) in [6.45, 7) is 27.4. The Balaban J connectivity index is 0. The summed E-state index contributed by atoms with van der Waals surface area (Å²) in [6.07, 6.45) is 14.5. The van der Waals surface area contributed by atoms with Crippen molar-refractivity contribution in [1.29, 1.82) is 0 Å². The van der Waals surface area contributed by atoms with Crippen LogP contribution in [-0.2, 0) is 17.8 Å². The van der Waals surface area contributed by atoms with Crippen LogP contribution in [0, 0.1) is 11.8 Å². The highest BCUT2D eigenvalue weighted by Crippen LogP contribution is 2.17. The van der Waals surface area contributed by atoms with Crippen LogP contribution in [-0.4, -0.2) is 55.9 Å². The third-order valence-corrected chi connectivity index (χ3v) is 7.89. The minimum Gasteiger partial charge on any atom is -0.497 e. The Hall–Kier alpha value is -2.95. The molecule has 0 radical (unpaired) electrons. The van der Waals surface area contributed by atoms with Crippen molar-refractivity contribution >= 4 is 5.78 Å². The molecule has 3 rings (SSSR count). The second kappa shape index (κ2) is 31.6. The number of rotatable bonds is 14. The lowest BCUT2D eigenvalue weighted by atomic mass is 9.94. The summed E-state index contributed by atoms with van der Waals surface area (Å²) < 4.78 is 4.91. The number of para-hydroxylation sites is 1. The summed E-state index contributed by atoms with van der Waals surface area (Å²) in [4.78, 5) is 17.5. The topological polar surface area (TPSA) is 32.8 Å². The number of ketones is 1. The van der Waals surface area contributed by atoms with Crippen LogP contribution in [0.25, 0.3) is 0 Å². The van der Waals surface area contributed by atoms with Crippen molar-refractivity contribution in [3.8, 4) is 5.75 Å². The molecule has 266 valence electrons. The maximum atomic E-state index is 12.6. The van der Waals surface area contributed by atoms with Gasteiger partial charge in [0.15, 0.2) is 0 Å². The van der Waals surface area contributed by atoms with Crippen LogP contribution in [0.2, 0.25) is 0 Å². The van der Waals surface area contributed by atoms with Crippen molar-refractivity contribution < 1.29 is 9.53 Å². The van der Waals surface area contributed by atoms with E-state index in [0.29, 0.717) is 18.1 Å². The van der Waals surface area contributed by atoms with Gasteiger partial charge < -0.3 is 9.64 Å². The van der Waals surface area contributed by atoms with Gasteiger partial charge in [-0.3, -0.25) is 9.69 Å². The largest absolute Gasteiger partial charge is 0.497 e. The summed E-state index contributed by atoms with van der Waals surface area (Å²) >= 11 is 0. The number of aryl methyl sites for hydroxylation is 1. The number of Topliss-reactive ketones (excluding diaryl/α,β-unsaturated/α-hetero) is 1. The number of hydrogen-bond donors (Lipinski definition) is 0. The van der Waals surface area contributed by atoms with E-state index in [4.69, 9.17) is 4.74 Å². The fraction of sp³-hybridized carbons (Fsp3) is 0.558. The Bertz CT molecular complexity index is 1060. The van der Waals surface area contributed by atoms with Crippen LogP contribution in [0.3, 0.4) is 0 Å². The SMILES string of the molecule is C=CC.CC.CC.CCc1ccc(CN(CC)CCC(C)CCC(=O)C(C)/C=C\C2=CCCN(C)CC2)cc1.COc1ccccc1. The first-order valence-corrected chi connectivity index (χ1v) is 18.3. The molecular weight excluding hydrogens is 576 g/mol. The van der Waals surface area contributed by atoms with E-state index in [-0.39, 0.29) is 5.92 Å². The van der Waals surface area contributed by atoms with Crippen LogP contribution in [0.15, 0.2) is 91.1 Å². The Morgan fingerprint density at radius 1 is 0.957 bits per heavy atom. The Labute approximate surface area is 292 Å². The van der Waals surface area contributed by atoms with Gasteiger partial charge in [0.1, 0.15) is 11.5 Å². The predicted octanol–water partition coefficient (Wildman–Crippen LogP) is 11.2. The van der Waals surface area contributed by atoms with E-state index in [1.54, 1.807) is 13.2 Å². The first-order chi connectivity index (χ1) is 22.8. The zero-order valence-corrected chi connectivity index (χ0v) is 32.4. The number of hydrogen-bond acceptors (Lipinski definition) is 4. The van der Waals surface area contributed by atoms with Crippen LogP contribution >= 0.6 is 0 Å². The van der Waals surface area contributed by atoms with Gasteiger partial charge in [0.2, 0.25) is 0 Å². The summed E-state index contributed by atoms with van der Waals surface area (Å²) in [5.41, 5.74) is 4.17. The maximum absolute atomic E-state index is 12.6. The van der Waals surface area contributed by atoms with Crippen molar-refractivity contribution in [2.24, 2.45) is 11.8 Å². The number of allylic oxidation sites excluding steroid dienone is 3. The summed E-state index contributed by atoms with van der Waals surface area (Å²) in [7, 11) is 3.84. The van der Waals surface area contributed by atoms with Gasteiger partial charge in [0.05, 0.1) is 7.11 Å². The maximum Gasteiger partial charge on any atom is 0.139 e. The summed E-state index contributed by atoms with van der Waals surface area (Å²) in [6, 6.07) is 18.7. The number of carbonyl (C=O) groups excluding carboxylic acids is 1. The van der Waals surface area contributed by atoms with Gasteiger partial charge in [-0.15, -0.1) is 6.58 Å². The van der Waals surface area contributed by atoms with Crippen LogP contribution in [0.5, 0.6) is 5.75 Å². The average Bonchev–Trinajstić information content (AvgIpc) is 3.34. The van der Waals surface area contributed by atoms with E-state index in [1.807, 2.05) is 65.0 Å². The molecule has 2 aromatic rings. The lowest BCUT2D eigenvalue weighted by Crippen LogP contribution is -2.25. The minimum absolute atomic E-state index is 0.0160. The zero-order valence-electron chi connectivity index (χ0n) is 32.4. The molecule has 2 unspecified atom stereocenters. The Kier molecular flexibility index (Phi) is 31.1. The molecule has 1 heterocycles. The van der Waals surface area contributed by atoms with Crippen LogP contribution in [0.4, 0.5) is 0 Å². The average molecular weight is 649 g/mol. The molecule has 0 aromatic heterocycles. The molecule has 2 atom stereocenters. The first-order valence-electron chi connectivity index (χ1n) is 18.3. The first kappa shape index (κ1) is 46.2. The van der Waals surface area contributed by atoms with Crippen molar-refractivity contribution in [2.45, 2.75) is 107 Å². The number of ether oxygens (including phenoxy) is 1. The molecule has 2 aromatic carbocycles. The standard InChI is InChI=1S/C29H46N2O.C7H8O.C3H6.2C2H6/c1-6-26-13-15-28(16-14-26)23-31(7-2)22-18-24(3)10-17-29(32)25(4)11-12-27-9-8-20-30(5)21-19-27;1-8-7-5-3-2-4-6-7;1-3-2;2*1-2/h9,11-16,24-25H,6-8,10,17-23H2,1-5H3;2-6H,1H3;3H,1H2,2H3;2*1-2H3/b12-11-;;;;. The van der Waals surface area contributed by atoms with Crippen molar-refractivity contribution in [2.75, 3.05) is 40.3 Å². The second-order valence-electron chi connectivity index (χ2n) is 11.6. The van der Waals surface area contributed by atoms with Crippen LogP contribution < -0.4 is 4.74 Å². The molecule has 0 bridgehead atoms. The molecule has 0 spiro atoms. The van der Waals surface area contributed by atoms with E-state index in [2.05, 4.69) is 93.6 Å². The second-order valence-corrected chi connectivity index (χ2v) is 11.6. The van der Waals surface area contributed by atoms with E-state index >= 15 is 0 Å². The summed E-state index contributed by atoms with van der Waals surface area (Å²) in [5.74, 6) is 1.88. The number of carbonyl (C=O) groups is 1. The Morgan fingerprint density at radius 3 is 2.09 bits per heavy atom. The minimum atomic E-state index is 0.0160. The van der Waals surface area contributed by atoms with E-state index in [9.17, 15) is 4.79 Å². The molecule has 0 saturated carbocycles. The van der Waals surface area contributed by atoms with Crippen molar-refractivity contribution in [3.63, 3.8) is 0 Å². The molecule has 4 nitrogen and oxygen atoms in total. The normalized spacial score (nSPS) is 13.8. The third kappa shape index (κ3) is 23.9. The molecular formula is C43H72N2O2. The monoisotopic (exact) mass is 649 g/mol. The fourth-order valence-electron chi connectivity index (χ4n) is 4.74. The fourth-order valence-corrected chi connectivity index (χ4v) is 4.74. The van der Waals surface area contributed by atoms with Crippen molar-refractivity contribution in [1.82, 2.24) is 9.80 Å². The molecule has 0 saturated heterocycles. The molecule has 0 amide bonds.